The molecule has 2 heterocycles. The summed E-state index contributed by atoms with van der Waals surface area (Å²) in [5.41, 5.74) is 4.69. The Hall–Kier alpha value is -2.59. The van der Waals surface area contributed by atoms with Gasteiger partial charge in [0, 0.05) is 30.5 Å². The van der Waals surface area contributed by atoms with Gasteiger partial charge in [-0.15, -0.1) is 10.9 Å². The number of hydrogen-bond acceptors (Lipinski definition) is 3. The van der Waals surface area contributed by atoms with Gasteiger partial charge in [-0.3, -0.25) is 4.79 Å². The number of allylic oxidation sites excluding steroid dienone is 4. The fraction of sp³-hybridized carbons (Fsp3) is 0.190. The van der Waals surface area contributed by atoms with Gasteiger partial charge in [0.25, 0.3) is 0 Å². The standard InChI is InChI=1S/C21H20N2OS/c1-3-22-16(10-9-15-7-5-6-8-18(15)22)13-21-23(4-2)19-14-17(24)11-12-20(19)25-21/h5-14H,3-4H2,1-2H3/b16-13-. The maximum atomic E-state index is 11.7. The van der Waals surface area contributed by atoms with Crippen molar-refractivity contribution in [1.82, 2.24) is 4.90 Å². The van der Waals surface area contributed by atoms with E-state index in [0.717, 1.165) is 23.7 Å². The lowest BCUT2D eigenvalue weighted by atomic mass is 10.1. The van der Waals surface area contributed by atoms with E-state index in [1.54, 1.807) is 23.1 Å². The number of benzene rings is 1. The summed E-state index contributed by atoms with van der Waals surface area (Å²) in [6.07, 6.45) is 11.9. The van der Waals surface area contributed by atoms with Crippen LogP contribution in [-0.4, -0.2) is 33.6 Å². The highest BCUT2D eigenvalue weighted by Gasteiger charge is 2.25. The van der Waals surface area contributed by atoms with Gasteiger partial charge in [-0.05, 0) is 49.8 Å². The van der Waals surface area contributed by atoms with Crippen molar-refractivity contribution in [2.24, 2.45) is 0 Å². The molecule has 0 saturated heterocycles. The Labute approximate surface area is 151 Å². The maximum Gasteiger partial charge on any atom is 0.180 e. The van der Waals surface area contributed by atoms with E-state index in [4.69, 9.17) is 0 Å². The smallest absolute Gasteiger partial charge is 0.180 e. The number of ketones is 1. The van der Waals surface area contributed by atoms with Crippen molar-refractivity contribution in [1.29, 1.82) is 0 Å². The van der Waals surface area contributed by atoms with E-state index < -0.39 is 0 Å². The summed E-state index contributed by atoms with van der Waals surface area (Å²) >= 11 is 0. The fourth-order valence-electron chi connectivity index (χ4n) is 3.40. The van der Waals surface area contributed by atoms with Gasteiger partial charge in [0.15, 0.2) is 5.78 Å². The van der Waals surface area contributed by atoms with E-state index in [1.807, 2.05) is 6.08 Å². The molecule has 4 rings (SSSR count). The van der Waals surface area contributed by atoms with Crippen LogP contribution < -0.4 is 4.90 Å². The van der Waals surface area contributed by atoms with Crippen LogP contribution in [0.15, 0.2) is 66.0 Å². The van der Waals surface area contributed by atoms with Crippen LogP contribution >= 0.6 is 10.9 Å². The molecule has 3 aliphatic rings. The van der Waals surface area contributed by atoms with E-state index >= 15 is 0 Å². The van der Waals surface area contributed by atoms with Gasteiger partial charge >= 0.3 is 0 Å². The van der Waals surface area contributed by atoms with Gasteiger partial charge < -0.3 is 9.80 Å². The first-order valence-electron chi connectivity index (χ1n) is 8.61. The molecule has 1 aliphatic carbocycles. The Morgan fingerprint density at radius 1 is 1.00 bits per heavy atom. The van der Waals surface area contributed by atoms with E-state index in [2.05, 4.69) is 66.1 Å². The van der Waals surface area contributed by atoms with Crippen molar-refractivity contribution in [3.63, 3.8) is 0 Å². The minimum Gasteiger partial charge on any atom is -0.341 e. The van der Waals surface area contributed by atoms with Crippen LogP contribution in [0.3, 0.4) is 0 Å². The van der Waals surface area contributed by atoms with Gasteiger partial charge in [-0.2, -0.15) is 0 Å². The van der Waals surface area contributed by atoms with Gasteiger partial charge in [0.2, 0.25) is 0 Å². The third-order valence-electron chi connectivity index (χ3n) is 4.58. The van der Waals surface area contributed by atoms with Crippen LogP contribution in [0.2, 0.25) is 0 Å². The zero-order valence-electron chi connectivity index (χ0n) is 14.4. The number of carbonyl (C=O) groups is 1. The zero-order valence-corrected chi connectivity index (χ0v) is 15.2. The quantitative estimate of drug-likeness (QED) is 0.613. The lowest BCUT2D eigenvalue weighted by Gasteiger charge is -2.30. The number of rotatable bonds is 3. The van der Waals surface area contributed by atoms with E-state index in [9.17, 15) is 4.79 Å². The van der Waals surface area contributed by atoms with Gasteiger partial charge in [-0.1, -0.05) is 24.3 Å². The number of likely N-dealkylation sites (N-methyl/N-ethyl adjacent to an activating group) is 2. The Bertz CT molecular complexity index is 942. The van der Waals surface area contributed by atoms with E-state index in [-0.39, 0.29) is 5.78 Å². The molecule has 1 aromatic carbocycles. The van der Waals surface area contributed by atoms with Crippen molar-refractivity contribution in [3.05, 3.63) is 71.6 Å². The second kappa shape index (κ2) is 6.37. The maximum absolute atomic E-state index is 11.7. The fourth-order valence-corrected chi connectivity index (χ4v) is 4.55. The van der Waals surface area contributed by atoms with E-state index in [0.29, 0.717) is 0 Å². The SMILES string of the molecule is CCN1C2=CC(=O)C=CC2=S=C1/C=C1/C=Cc2ccccc2N1CC. The minimum absolute atomic E-state index is 0.0633. The van der Waals surface area contributed by atoms with Crippen LogP contribution in [0.4, 0.5) is 5.69 Å². The van der Waals surface area contributed by atoms with Crippen LogP contribution in [0.25, 0.3) is 6.08 Å². The zero-order chi connectivity index (χ0) is 17.4. The second-order valence-corrected chi connectivity index (χ2v) is 7.08. The predicted molar refractivity (Wildman–Crippen MR) is 109 cm³/mol. The summed E-state index contributed by atoms with van der Waals surface area (Å²) in [7, 11) is 1.73. The minimum atomic E-state index is 0.0633. The number of fused-ring (bicyclic) bond motifs is 2. The molecule has 0 N–H and O–H groups in total. The van der Waals surface area contributed by atoms with Crippen molar-refractivity contribution >= 4 is 38.3 Å². The summed E-state index contributed by atoms with van der Waals surface area (Å²) in [5.74, 6) is 0.0633. The largest absolute Gasteiger partial charge is 0.341 e. The molecule has 126 valence electrons. The number of hydrogen-bond donors (Lipinski definition) is 0. The molecule has 0 bridgehead atoms. The average molecular weight is 348 g/mol. The van der Waals surface area contributed by atoms with Crippen LogP contribution in [-0.2, 0) is 4.79 Å². The summed E-state index contributed by atoms with van der Waals surface area (Å²) in [6, 6.07) is 8.47. The third-order valence-corrected chi connectivity index (χ3v) is 5.69. The molecule has 0 radical (unpaired) electrons. The van der Waals surface area contributed by atoms with Crippen molar-refractivity contribution in [2.75, 3.05) is 18.0 Å². The Morgan fingerprint density at radius 3 is 2.60 bits per heavy atom. The summed E-state index contributed by atoms with van der Waals surface area (Å²) < 4.78 is 0. The number of carbonyl (C=O) groups excluding carboxylic acids is 1. The van der Waals surface area contributed by atoms with Crippen LogP contribution in [0, 0.1) is 0 Å². The molecule has 0 fully saturated rings. The predicted octanol–water partition coefficient (Wildman–Crippen LogP) is 3.82. The summed E-state index contributed by atoms with van der Waals surface area (Å²) in [6.45, 7) is 6.05. The normalized spacial score (nSPS) is 20.0. The molecular formula is C21H20N2OS. The molecule has 0 atom stereocenters. The molecule has 0 aromatic heterocycles. The third kappa shape index (κ3) is 2.72. The highest BCUT2D eigenvalue weighted by atomic mass is 32.1. The molecule has 0 spiro atoms. The van der Waals surface area contributed by atoms with Gasteiger partial charge in [0.1, 0.15) is 0 Å². The molecule has 2 aliphatic heterocycles. The molecule has 4 heteroatoms. The van der Waals surface area contributed by atoms with Crippen molar-refractivity contribution in [3.8, 4) is 0 Å². The first-order valence-corrected chi connectivity index (χ1v) is 9.42. The molecule has 25 heavy (non-hydrogen) atoms. The first-order chi connectivity index (χ1) is 12.2. The summed E-state index contributed by atoms with van der Waals surface area (Å²) in [4.78, 5) is 18.6. The topological polar surface area (TPSA) is 23.6 Å². The van der Waals surface area contributed by atoms with Crippen molar-refractivity contribution < 1.29 is 4.79 Å². The van der Waals surface area contributed by atoms with Crippen LogP contribution in [0.1, 0.15) is 19.4 Å². The second-order valence-electron chi connectivity index (χ2n) is 6.02. The van der Waals surface area contributed by atoms with Gasteiger partial charge in [0.05, 0.1) is 15.6 Å². The highest BCUT2D eigenvalue weighted by molar-refractivity contribution is 7.99. The first kappa shape index (κ1) is 15.9. The summed E-state index contributed by atoms with van der Waals surface area (Å²) in [5, 5.41) is 0. The van der Waals surface area contributed by atoms with Crippen LogP contribution in [0.5, 0.6) is 0 Å². The number of anilines is 1. The number of para-hydroxylation sites is 1. The molecule has 3 nitrogen and oxygen atoms in total. The molecule has 0 amide bonds. The van der Waals surface area contributed by atoms with Crippen molar-refractivity contribution in [2.45, 2.75) is 13.8 Å². The Balaban J connectivity index is 1.76. The lowest BCUT2D eigenvalue weighted by molar-refractivity contribution is -0.110. The molecule has 0 unspecified atom stereocenters. The number of nitrogens with zero attached hydrogens (tertiary/aromatic N) is 2. The average Bonchev–Trinajstić information content (AvgIpc) is 2.97. The Morgan fingerprint density at radius 2 is 1.80 bits per heavy atom. The molecule has 0 saturated carbocycles. The molecule has 1 aromatic rings. The van der Waals surface area contributed by atoms with Gasteiger partial charge in [-0.25, -0.2) is 0 Å². The lowest BCUT2D eigenvalue weighted by Crippen LogP contribution is -2.30. The Kier molecular flexibility index (Phi) is 4.06. The molecular weight excluding hydrogens is 328 g/mol. The monoisotopic (exact) mass is 348 g/mol. The van der Waals surface area contributed by atoms with E-state index in [1.165, 1.54) is 21.9 Å². The highest BCUT2D eigenvalue weighted by Crippen LogP contribution is 2.31.